The van der Waals surface area contributed by atoms with Gasteiger partial charge in [0, 0.05) is 19.3 Å². The monoisotopic (exact) mass is 307 g/mol. The van der Waals surface area contributed by atoms with Crippen molar-refractivity contribution in [2.24, 2.45) is 0 Å². The molecule has 6 nitrogen and oxygen atoms in total. The van der Waals surface area contributed by atoms with Crippen molar-refractivity contribution in [3.63, 3.8) is 0 Å². The zero-order valence-electron chi connectivity index (χ0n) is 13.1. The lowest BCUT2D eigenvalue weighted by Gasteiger charge is -2.17. The van der Waals surface area contributed by atoms with Gasteiger partial charge in [-0.15, -0.1) is 0 Å². The van der Waals surface area contributed by atoms with Gasteiger partial charge in [0.05, 0.1) is 11.4 Å². The summed E-state index contributed by atoms with van der Waals surface area (Å²) in [5.41, 5.74) is 6.04. The summed E-state index contributed by atoms with van der Waals surface area (Å²) in [6.45, 7) is 3.71. The molecule has 0 amide bonds. The second kappa shape index (κ2) is 5.48. The topological polar surface area (TPSA) is 59.5 Å². The van der Waals surface area contributed by atoms with Crippen LogP contribution in [0.25, 0.3) is 16.7 Å². The van der Waals surface area contributed by atoms with Gasteiger partial charge in [-0.1, -0.05) is 12.1 Å². The van der Waals surface area contributed by atoms with Crippen LogP contribution in [0.2, 0.25) is 0 Å². The van der Waals surface area contributed by atoms with Gasteiger partial charge in [-0.2, -0.15) is 0 Å². The van der Waals surface area contributed by atoms with E-state index in [0.717, 1.165) is 35.5 Å². The predicted octanol–water partition coefficient (Wildman–Crippen LogP) is 2.81. The molecule has 0 fully saturated rings. The number of hydrogen-bond donors (Lipinski definition) is 0. The average molecular weight is 307 g/mol. The van der Waals surface area contributed by atoms with Crippen molar-refractivity contribution in [2.45, 2.75) is 20.0 Å². The standard InChI is InChI=1S/C17H17N5O/c1-12-16(22-8-4-3-5-17(22)18-12)11-21(2)10-13-6-7-14-15(9-13)20-23-19-14/h3-9H,10-11H2,1-2H3. The van der Waals surface area contributed by atoms with E-state index in [1.807, 2.05) is 30.3 Å². The Kier molecular flexibility index (Phi) is 3.31. The highest BCUT2D eigenvalue weighted by molar-refractivity contribution is 5.73. The number of aromatic nitrogens is 4. The minimum Gasteiger partial charge on any atom is -0.302 e. The molecule has 0 atom stereocenters. The number of benzene rings is 1. The van der Waals surface area contributed by atoms with Crippen LogP contribution < -0.4 is 0 Å². The molecule has 0 spiro atoms. The van der Waals surface area contributed by atoms with E-state index < -0.39 is 0 Å². The third-order valence-corrected chi connectivity index (χ3v) is 4.02. The smallest absolute Gasteiger partial charge is 0.137 e. The Morgan fingerprint density at radius 3 is 2.87 bits per heavy atom. The van der Waals surface area contributed by atoms with E-state index in [1.165, 1.54) is 11.3 Å². The van der Waals surface area contributed by atoms with E-state index in [1.54, 1.807) is 0 Å². The van der Waals surface area contributed by atoms with Crippen molar-refractivity contribution in [3.05, 3.63) is 59.5 Å². The highest BCUT2D eigenvalue weighted by atomic mass is 16.6. The molecular weight excluding hydrogens is 290 g/mol. The van der Waals surface area contributed by atoms with Gasteiger partial charge in [0.15, 0.2) is 0 Å². The summed E-state index contributed by atoms with van der Waals surface area (Å²) < 4.78 is 6.90. The number of nitrogens with zero attached hydrogens (tertiary/aromatic N) is 5. The van der Waals surface area contributed by atoms with Gasteiger partial charge < -0.3 is 4.40 Å². The Bertz CT molecular complexity index is 971. The zero-order chi connectivity index (χ0) is 15.8. The van der Waals surface area contributed by atoms with Crippen LogP contribution in [0.3, 0.4) is 0 Å². The lowest BCUT2D eigenvalue weighted by molar-refractivity contribution is 0.312. The minimum atomic E-state index is 0.786. The van der Waals surface area contributed by atoms with Crippen LogP contribution >= 0.6 is 0 Å². The maximum atomic E-state index is 4.75. The van der Waals surface area contributed by atoms with Crippen LogP contribution in [0.4, 0.5) is 0 Å². The van der Waals surface area contributed by atoms with Gasteiger partial charge in [0.2, 0.25) is 0 Å². The average Bonchev–Trinajstić information content (AvgIpc) is 3.12. The molecule has 3 heterocycles. The second-order valence-electron chi connectivity index (χ2n) is 5.83. The van der Waals surface area contributed by atoms with Gasteiger partial charge in [-0.3, -0.25) is 4.90 Å². The molecule has 1 aromatic carbocycles. The lowest BCUT2D eigenvalue weighted by atomic mass is 10.2. The van der Waals surface area contributed by atoms with Crippen molar-refractivity contribution >= 4 is 16.7 Å². The van der Waals surface area contributed by atoms with E-state index in [0.29, 0.717) is 0 Å². The number of hydrogen-bond acceptors (Lipinski definition) is 5. The Labute approximate surface area is 133 Å². The van der Waals surface area contributed by atoms with E-state index >= 15 is 0 Å². The van der Waals surface area contributed by atoms with Crippen LogP contribution in [0.5, 0.6) is 0 Å². The first-order chi connectivity index (χ1) is 11.2. The molecule has 4 rings (SSSR count). The number of rotatable bonds is 4. The molecule has 4 aromatic rings. The molecule has 6 heteroatoms. The summed E-state index contributed by atoms with van der Waals surface area (Å²) in [6, 6.07) is 12.1. The van der Waals surface area contributed by atoms with Crippen molar-refractivity contribution < 1.29 is 4.63 Å². The lowest BCUT2D eigenvalue weighted by Crippen LogP contribution is -2.18. The molecule has 0 N–H and O–H groups in total. The van der Waals surface area contributed by atoms with Crippen LogP contribution in [0, 0.1) is 6.92 Å². The Balaban J connectivity index is 1.56. The molecule has 23 heavy (non-hydrogen) atoms. The molecule has 0 saturated carbocycles. The number of pyridine rings is 1. The van der Waals surface area contributed by atoms with Crippen LogP contribution in [0.1, 0.15) is 17.0 Å². The largest absolute Gasteiger partial charge is 0.302 e. The maximum absolute atomic E-state index is 4.75. The minimum absolute atomic E-state index is 0.786. The second-order valence-corrected chi connectivity index (χ2v) is 5.83. The number of fused-ring (bicyclic) bond motifs is 2. The van der Waals surface area contributed by atoms with Crippen molar-refractivity contribution in [3.8, 4) is 0 Å². The molecular formula is C17H17N5O. The molecule has 3 aromatic heterocycles. The molecule has 0 aliphatic rings. The summed E-state index contributed by atoms with van der Waals surface area (Å²) in [5, 5.41) is 7.73. The SMILES string of the molecule is Cc1nc2ccccn2c1CN(C)Cc1ccc2nonc2c1. The Morgan fingerprint density at radius 2 is 1.96 bits per heavy atom. The first kappa shape index (κ1) is 13.9. The zero-order valence-corrected chi connectivity index (χ0v) is 13.1. The van der Waals surface area contributed by atoms with Crippen molar-refractivity contribution in [1.82, 2.24) is 24.6 Å². The normalized spacial score (nSPS) is 11.8. The number of aryl methyl sites for hydroxylation is 1. The summed E-state index contributed by atoms with van der Waals surface area (Å²) in [5.74, 6) is 0. The third kappa shape index (κ3) is 2.57. The fraction of sp³-hybridized carbons (Fsp3) is 0.235. The van der Waals surface area contributed by atoms with Gasteiger partial charge >= 0.3 is 0 Å². The molecule has 0 bridgehead atoms. The van der Waals surface area contributed by atoms with Crippen LogP contribution in [-0.2, 0) is 13.1 Å². The highest BCUT2D eigenvalue weighted by Crippen LogP contribution is 2.16. The Hall–Kier alpha value is -2.73. The van der Waals surface area contributed by atoms with Gasteiger partial charge in [-0.05, 0) is 54.1 Å². The molecule has 0 aliphatic carbocycles. The van der Waals surface area contributed by atoms with E-state index in [9.17, 15) is 0 Å². The van der Waals surface area contributed by atoms with E-state index in [4.69, 9.17) is 4.63 Å². The summed E-state index contributed by atoms with van der Waals surface area (Å²) in [4.78, 5) is 6.87. The number of imidazole rings is 1. The first-order valence-corrected chi connectivity index (χ1v) is 7.53. The van der Waals surface area contributed by atoms with Crippen molar-refractivity contribution in [1.29, 1.82) is 0 Å². The molecule has 0 saturated heterocycles. The van der Waals surface area contributed by atoms with Gasteiger partial charge in [0.1, 0.15) is 16.7 Å². The van der Waals surface area contributed by atoms with Crippen LogP contribution in [-0.4, -0.2) is 31.6 Å². The fourth-order valence-corrected chi connectivity index (χ4v) is 2.90. The summed E-state index contributed by atoms with van der Waals surface area (Å²) in [7, 11) is 2.10. The van der Waals surface area contributed by atoms with Gasteiger partial charge in [0.25, 0.3) is 0 Å². The van der Waals surface area contributed by atoms with Crippen LogP contribution in [0.15, 0.2) is 47.2 Å². The maximum Gasteiger partial charge on any atom is 0.137 e. The van der Waals surface area contributed by atoms with E-state index in [-0.39, 0.29) is 0 Å². The quantitative estimate of drug-likeness (QED) is 0.580. The van der Waals surface area contributed by atoms with Crippen molar-refractivity contribution in [2.75, 3.05) is 7.05 Å². The molecule has 116 valence electrons. The highest BCUT2D eigenvalue weighted by Gasteiger charge is 2.11. The molecule has 0 aliphatic heterocycles. The fourth-order valence-electron chi connectivity index (χ4n) is 2.90. The first-order valence-electron chi connectivity index (χ1n) is 7.53. The van der Waals surface area contributed by atoms with Gasteiger partial charge in [-0.25, -0.2) is 9.61 Å². The molecule has 0 radical (unpaired) electrons. The molecule has 0 unspecified atom stereocenters. The third-order valence-electron chi connectivity index (χ3n) is 4.02. The Morgan fingerprint density at radius 1 is 1.09 bits per heavy atom. The summed E-state index contributed by atoms with van der Waals surface area (Å²) in [6.07, 6.45) is 2.06. The summed E-state index contributed by atoms with van der Waals surface area (Å²) >= 11 is 0. The predicted molar refractivity (Wildman–Crippen MR) is 86.9 cm³/mol. The van der Waals surface area contributed by atoms with E-state index in [2.05, 4.69) is 50.8 Å².